The second kappa shape index (κ2) is 8.52. The van der Waals surface area contributed by atoms with E-state index in [4.69, 9.17) is 4.74 Å². The number of hydrogen-bond acceptors (Lipinski definition) is 3. The first-order chi connectivity index (χ1) is 12.2. The number of amides is 2. The molecule has 0 spiro atoms. The maximum absolute atomic E-state index is 13.1. The van der Waals surface area contributed by atoms with E-state index in [1.54, 1.807) is 21.9 Å². The van der Waals surface area contributed by atoms with Crippen molar-refractivity contribution in [2.75, 3.05) is 19.6 Å². The van der Waals surface area contributed by atoms with Crippen LogP contribution in [0.25, 0.3) is 0 Å². The molecule has 0 radical (unpaired) electrons. The second-order valence-corrected chi connectivity index (χ2v) is 7.74. The summed E-state index contributed by atoms with van der Waals surface area (Å²) in [6, 6.07) is 6.19. The van der Waals surface area contributed by atoms with Crippen LogP contribution in [0.5, 0.6) is 0 Å². The summed E-state index contributed by atoms with van der Waals surface area (Å²) < 4.78 is 18.5. The molecule has 1 fully saturated rings. The predicted molar refractivity (Wildman–Crippen MR) is 98.0 cm³/mol. The minimum absolute atomic E-state index is 0.0325. The zero-order valence-electron chi connectivity index (χ0n) is 16.1. The van der Waals surface area contributed by atoms with Gasteiger partial charge in [-0.05, 0) is 58.2 Å². The van der Waals surface area contributed by atoms with E-state index in [1.807, 2.05) is 27.7 Å². The molecule has 1 aliphatic rings. The number of piperidine rings is 1. The SMILES string of the molecule is CCN(Cc1ccc(F)cc1)C(=O)[C@@H]1CCCN(C(=O)OC(C)(C)C)C1. The topological polar surface area (TPSA) is 49.9 Å². The van der Waals surface area contributed by atoms with Crippen molar-refractivity contribution in [2.24, 2.45) is 5.92 Å². The maximum atomic E-state index is 13.1. The van der Waals surface area contributed by atoms with Gasteiger partial charge in [-0.25, -0.2) is 9.18 Å². The molecule has 1 aromatic rings. The van der Waals surface area contributed by atoms with E-state index in [1.165, 1.54) is 12.1 Å². The summed E-state index contributed by atoms with van der Waals surface area (Å²) in [5.74, 6) is -0.481. The van der Waals surface area contributed by atoms with Crippen molar-refractivity contribution in [2.45, 2.75) is 52.7 Å². The third-order valence-corrected chi connectivity index (χ3v) is 4.40. The Morgan fingerprint density at radius 3 is 2.50 bits per heavy atom. The number of halogens is 1. The maximum Gasteiger partial charge on any atom is 0.410 e. The van der Waals surface area contributed by atoms with Crippen LogP contribution in [-0.2, 0) is 16.1 Å². The molecule has 6 heteroatoms. The molecule has 0 aromatic heterocycles. The van der Waals surface area contributed by atoms with Gasteiger partial charge in [0.1, 0.15) is 11.4 Å². The monoisotopic (exact) mass is 364 g/mol. The molecule has 26 heavy (non-hydrogen) atoms. The van der Waals surface area contributed by atoms with Gasteiger partial charge in [0.15, 0.2) is 0 Å². The molecule has 0 unspecified atom stereocenters. The number of nitrogens with zero attached hydrogens (tertiary/aromatic N) is 2. The number of carbonyl (C=O) groups is 2. The first kappa shape index (κ1) is 20.2. The molecule has 1 atom stereocenters. The Kier molecular flexibility index (Phi) is 6.62. The van der Waals surface area contributed by atoms with Crippen molar-refractivity contribution in [1.82, 2.24) is 9.80 Å². The average Bonchev–Trinajstić information content (AvgIpc) is 2.59. The van der Waals surface area contributed by atoms with Gasteiger partial charge in [-0.2, -0.15) is 0 Å². The first-order valence-corrected chi connectivity index (χ1v) is 9.20. The van der Waals surface area contributed by atoms with E-state index in [0.29, 0.717) is 26.2 Å². The van der Waals surface area contributed by atoms with Gasteiger partial charge in [0.05, 0.1) is 5.92 Å². The van der Waals surface area contributed by atoms with Crippen LogP contribution in [0.4, 0.5) is 9.18 Å². The summed E-state index contributed by atoms with van der Waals surface area (Å²) in [7, 11) is 0. The number of ether oxygens (including phenoxy) is 1. The van der Waals surface area contributed by atoms with Crippen molar-refractivity contribution < 1.29 is 18.7 Å². The summed E-state index contributed by atoms with van der Waals surface area (Å²) in [6.45, 7) is 9.43. The fourth-order valence-electron chi connectivity index (χ4n) is 3.08. The smallest absolute Gasteiger partial charge is 0.410 e. The van der Waals surface area contributed by atoms with Gasteiger partial charge >= 0.3 is 6.09 Å². The van der Waals surface area contributed by atoms with Crippen LogP contribution < -0.4 is 0 Å². The lowest BCUT2D eigenvalue weighted by Crippen LogP contribution is -2.47. The molecule has 5 nitrogen and oxygen atoms in total. The third kappa shape index (κ3) is 5.71. The van der Waals surface area contributed by atoms with Gasteiger partial charge in [-0.1, -0.05) is 12.1 Å². The molecule has 1 saturated heterocycles. The number of carbonyl (C=O) groups excluding carboxylic acids is 2. The van der Waals surface area contributed by atoms with Crippen LogP contribution >= 0.6 is 0 Å². The molecule has 0 aliphatic carbocycles. The Morgan fingerprint density at radius 2 is 1.92 bits per heavy atom. The van der Waals surface area contributed by atoms with E-state index in [-0.39, 0.29) is 23.7 Å². The van der Waals surface area contributed by atoms with E-state index in [2.05, 4.69) is 0 Å². The summed E-state index contributed by atoms with van der Waals surface area (Å²) in [5.41, 5.74) is 0.341. The average molecular weight is 364 g/mol. The normalized spacial score (nSPS) is 17.7. The zero-order chi connectivity index (χ0) is 19.3. The summed E-state index contributed by atoms with van der Waals surface area (Å²) in [4.78, 5) is 28.6. The van der Waals surface area contributed by atoms with E-state index < -0.39 is 5.60 Å². The quantitative estimate of drug-likeness (QED) is 0.816. The van der Waals surface area contributed by atoms with E-state index in [9.17, 15) is 14.0 Å². The van der Waals surface area contributed by atoms with Crippen molar-refractivity contribution in [1.29, 1.82) is 0 Å². The fraction of sp³-hybridized carbons (Fsp3) is 0.600. The van der Waals surface area contributed by atoms with E-state index >= 15 is 0 Å². The Bertz CT molecular complexity index is 625. The van der Waals surface area contributed by atoms with E-state index in [0.717, 1.165) is 18.4 Å². The standard InChI is InChI=1S/C20H29FN2O3/c1-5-22(13-15-8-10-17(21)11-9-15)18(24)16-7-6-12-23(14-16)19(25)26-20(2,3)4/h8-11,16H,5-7,12-14H2,1-4H3/t16-/m1/s1. The Hall–Kier alpha value is -2.11. The molecule has 0 bridgehead atoms. The van der Waals surface area contributed by atoms with Crippen LogP contribution in [0, 0.1) is 11.7 Å². The van der Waals surface area contributed by atoms with Crippen molar-refractivity contribution in [3.8, 4) is 0 Å². The Morgan fingerprint density at radius 1 is 1.27 bits per heavy atom. The third-order valence-electron chi connectivity index (χ3n) is 4.40. The molecule has 1 aliphatic heterocycles. The molecule has 144 valence electrons. The first-order valence-electron chi connectivity index (χ1n) is 9.20. The highest BCUT2D eigenvalue weighted by molar-refractivity contribution is 5.80. The van der Waals surface area contributed by atoms with Gasteiger partial charge in [0, 0.05) is 26.2 Å². The lowest BCUT2D eigenvalue weighted by Gasteiger charge is -2.35. The van der Waals surface area contributed by atoms with Gasteiger partial charge in [0.2, 0.25) is 5.91 Å². The van der Waals surface area contributed by atoms with Crippen LogP contribution in [0.2, 0.25) is 0 Å². The van der Waals surface area contributed by atoms with Crippen molar-refractivity contribution >= 4 is 12.0 Å². The Balaban J connectivity index is 1.99. The van der Waals surface area contributed by atoms with Crippen molar-refractivity contribution in [3.63, 3.8) is 0 Å². The number of hydrogen-bond donors (Lipinski definition) is 0. The minimum Gasteiger partial charge on any atom is -0.444 e. The van der Waals surface area contributed by atoms with Crippen LogP contribution in [0.15, 0.2) is 24.3 Å². The molecular weight excluding hydrogens is 335 g/mol. The lowest BCUT2D eigenvalue weighted by molar-refractivity contribution is -0.137. The molecule has 0 N–H and O–H groups in total. The number of likely N-dealkylation sites (tertiary alicyclic amines) is 1. The molecular formula is C20H29FN2O3. The molecule has 0 saturated carbocycles. The molecule has 1 aromatic carbocycles. The summed E-state index contributed by atoms with van der Waals surface area (Å²) >= 11 is 0. The van der Waals surface area contributed by atoms with Gasteiger partial charge in [-0.15, -0.1) is 0 Å². The van der Waals surface area contributed by atoms with Gasteiger partial charge in [0.25, 0.3) is 0 Å². The zero-order valence-corrected chi connectivity index (χ0v) is 16.1. The molecule has 2 amide bonds. The largest absolute Gasteiger partial charge is 0.444 e. The fourth-order valence-corrected chi connectivity index (χ4v) is 3.08. The molecule has 1 heterocycles. The summed E-state index contributed by atoms with van der Waals surface area (Å²) in [5, 5.41) is 0. The molecule has 2 rings (SSSR count). The van der Waals surface area contributed by atoms with Gasteiger partial charge in [-0.3, -0.25) is 4.79 Å². The number of benzene rings is 1. The Labute approximate surface area is 155 Å². The highest BCUT2D eigenvalue weighted by atomic mass is 19.1. The minimum atomic E-state index is -0.550. The highest BCUT2D eigenvalue weighted by Gasteiger charge is 2.32. The van der Waals surface area contributed by atoms with Gasteiger partial charge < -0.3 is 14.5 Å². The highest BCUT2D eigenvalue weighted by Crippen LogP contribution is 2.22. The van der Waals surface area contributed by atoms with Crippen molar-refractivity contribution in [3.05, 3.63) is 35.6 Å². The predicted octanol–water partition coefficient (Wildman–Crippen LogP) is 3.82. The van der Waals surface area contributed by atoms with Crippen LogP contribution in [0.1, 0.15) is 46.1 Å². The lowest BCUT2D eigenvalue weighted by atomic mass is 9.96. The van der Waals surface area contributed by atoms with Crippen LogP contribution in [-0.4, -0.2) is 47.0 Å². The summed E-state index contributed by atoms with van der Waals surface area (Å²) in [6.07, 6.45) is 1.18. The van der Waals surface area contributed by atoms with Crippen LogP contribution in [0.3, 0.4) is 0 Å². The second-order valence-electron chi connectivity index (χ2n) is 7.74. The number of rotatable bonds is 4.